The Bertz CT molecular complexity index is 706. The van der Waals surface area contributed by atoms with Gasteiger partial charge in [0.15, 0.2) is 12.6 Å². The molecule has 0 aliphatic carbocycles. The van der Waals surface area contributed by atoms with E-state index in [0.717, 1.165) is 0 Å². The van der Waals surface area contributed by atoms with Gasteiger partial charge in [-0.15, -0.1) is 11.8 Å². The van der Waals surface area contributed by atoms with Gasteiger partial charge in [0.25, 0.3) is 5.91 Å². The molecular weight excluding hydrogens is 332 g/mol. The molecule has 7 nitrogen and oxygen atoms in total. The third kappa shape index (κ3) is 2.96. The van der Waals surface area contributed by atoms with E-state index in [-0.39, 0.29) is 12.5 Å². The number of rotatable bonds is 5. The smallest absolute Gasteiger partial charge is 0.330 e. The second kappa shape index (κ2) is 6.56. The van der Waals surface area contributed by atoms with E-state index in [2.05, 4.69) is 5.32 Å². The molecule has 1 aromatic carbocycles. The Hall–Kier alpha value is -2.48. The van der Waals surface area contributed by atoms with Crippen molar-refractivity contribution < 1.29 is 24.2 Å². The standard InChI is InChI=1S/C16H16N2O5S/c1-9-8-24-15-12(14(20)18(15)13(9)16(21)22)17-11(19)7-23-10-5-3-2-4-6-10/h2-6,8,12-13,15H,7H2,1H3,(H,17,19)(H,21,22)/t12-,13+,15-/m1/s1. The van der Waals surface area contributed by atoms with Gasteiger partial charge in [0.2, 0.25) is 5.91 Å². The Kier molecular flexibility index (Phi) is 4.48. The van der Waals surface area contributed by atoms with E-state index in [9.17, 15) is 19.5 Å². The van der Waals surface area contributed by atoms with Gasteiger partial charge in [0.05, 0.1) is 0 Å². The van der Waals surface area contributed by atoms with Crippen LogP contribution in [0.25, 0.3) is 0 Å². The lowest BCUT2D eigenvalue weighted by Gasteiger charge is -2.51. The molecule has 126 valence electrons. The van der Waals surface area contributed by atoms with Crippen LogP contribution in [0.15, 0.2) is 41.3 Å². The lowest BCUT2D eigenvalue weighted by atomic mass is 9.99. The van der Waals surface area contributed by atoms with Crippen LogP contribution >= 0.6 is 11.8 Å². The summed E-state index contributed by atoms with van der Waals surface area (Å²) < 4.78 is 5.34. The van der Waals surface area contributed by atoms with Crippen molar-refractivity contribution in [1.29, 1.82) is 0 Å². The van der Waals surface area contributed by atoms with Crippen LogP contribution in [-0.4, -0.2) is 51.9 Å². The van der Waals surface area contributed by atoms with Crippen LogP contribution in [0, 0.1) is 0 Å². The van der Waals surface area contributed by atoms with Crippen LogP contribution in [0.3, 0.4) is 0 Å². The third-order valence-corrected chi connectivity index (χ3v) is 5.13. The number of fused-ring (bicyclic) bond motifs is 1. The maximum Gasteiger partial charge on any atom is 0.330 e. The number of β-lactam (4-membered cyclic amide) rings is 1. The minimum absolute atomic E-state index is 0.206. The molecule has 3 atom stereocenters. The number of amides is 2. The van der Waals surface area contributed by atoms with E-state index in [1.807, 2.05) is 6.07 Å². The molecule has 1 aromatic rings. The number of hydrogen-bond donors (Lipinski definition) is 2. The largest absolute Gasteiger partial charge is 0.484 e. The lowest BCUT2D eigenvalue weighted by molar-refractivity contribution is -0.160. The predicted octanol–water partition coefficient (Wildman–Crippen LogP) is 0.822. The first-order chi connectivity index (χ1) is 11.5. The van der Waals surface area contributed by atoms with Crippen molar-refractivity contribution in [2.45, 2.75) is 24.4 Å². The van der Waals surface area contributed by atoms with Crippen molar-refractivity contribution in [1.82, 2.24) is 10.2 Å². The Labute approximate surface area is 142 Å². The summed E-state index contributed by atoms with van der Waals surface area (Å²) in [7, 11) is 0. The normalized spacial score (nSPS) is 25.2. The van der Waals surface area contributed by atoms with Gasteiger partial charge in [-0.1, -0.05) is 18.2 Å². The minimum atomic E-state index is -1.07. The maximum atomic E-state index is 12.2. The SMILES string of the molecule is CC1=CS[C@@H]2[C@H](NC(=O)COc3ccccc3)C(=O)N2[C@@H]1C(=O)O. The Balaban J connectivity index is 1.58. The van der Waals surface area contributed by atoms with E-state index < -0.39 is 29.3 Å². The molecule has 1 saturated heterocycles. The zero-order chi connectivity index (χ0) is 17.3. The second-order valence-corrected chi connectivity index (χ2v) is 6.51. The fourth-order valence-electron chi connectivity index (χ4n) is 2.69. The first-order valence-corrected chi connectivity index (χ1v) is 8.27. The molecule has 0 radical (unpaired) electrons. The fraction of sp³-hybridized carbons (Fsp3) is 0.312. The number of benzene rings is 1. The van der Waals surface area contributed by atoms with Crippen molar-refractivity contribution in [3.05, 3.63) is 41.3 Å². The summed E-state index contributed by atoms with van der Waals surface area (Å²) in [6, 6.07) is 7.19. The fourth-order valence-corrected chi connectivity index (χ4v) is 3.87. The molecule has 0 unspecified atom stereocenters. The zero-order valence-electron chi connectivity index (χ0n) is 12.8. The zero-order valence-corrected chi connectivity index (χ0v) is 13.7. The van der Waals surface area contributed by atoms with Gasteiger partial charge in [-0.25, -0.2) is 4.79 Å². The van der Waals surface area contributed by atoms with Crippen molar-refractivity contribution in [3.63, 3.8) is 0 Å². The van der Waals surface area contributed by atoms with Crippen molar-refractivity contribution in [2.24, 2.45) is 0 Å². The molecule has 8 heteroatoms. The van der Waals surface area contributed by atoms with Crippen molar-refractivity contribution >= 4 is 29.5 Å². The number of carbonyl (C=O) groups is 3. The van der Waals surface area contributed by atoms with Crippen LogP contribution in [0.2, 0.25) is 0 Å². The topological polar surface area (TPSA) is 95.9 Å². The van der Waals surface area contributed by atoms with Crippen LogP contribution in [-0.2, 0) is 14.4 Å². The van der Waals surface area contributed by atoms with E-state index in [1.54, 1.807) is 36.6 Å². The van der Waals surface area contributed by atoms with E-state index in [4.69, 9.17) is 4.74 Å². The number of para-hydroxylation sites is 1. The van der Waals surface area contributed by atoms with Crippen molar-refractivity contribution in [3.8, 4) is 5.75 Å². The molecule has 0 saturated carbocycles. The minimum Gasteiger partial charge on any atom is -0.484 e. The average Bonchev–Trinajstić information content (AvgIpc) is 2.58. The number of carboxylic acids is 1. The lowest BCUT2D eigenvalue weighted by Crippen LogP contribution is -2.74. The van der Waals surface area contributed by atoms with Gasteiger partial charge in [-0.05, 0) is 30.0 Å². The maximum absolute atomic E-state index is 12.2. The number of nitrogens with zero attached hydrogens (tertiary/aromatic N) is 1. The summed E-state index contributed by atoms with van der Waals surface area (Å²) in [5.41, 5.74) is 0.606. The third-order valence-electron chi connectivity index (χ3n) is 3.85. The number of nitrogens with one attached hydrogen (secondary N) is 1. The van der Waals surface area contributed by atoms with E-state index >= 15 is 0 Å². The van der Waals surface area contributed by atoms with Gasteiger partial charge in [-0.3, -0.25) is 9.59 Å². The Morgan fingerprint density at radius 3 is 2.71 bits per heavy atom. The van der Waals surface area contributed by atoms with Crippen LogP contribution in [0.1, 0.15) is 6.92 Å². The van der Waals surface area contributed by atoms with E-state index in [1.165, 1.54) is 16.7 Å². The van der Waals surface area contributed by atoms with Crippen LogP contribution < -0.4 is 10.1 Å². The number of aliphatic carboxylic acids is 1. The van der Waals surface area contributed by atoms with Crippen molar-refractivity contribution in [2.75, 3.05) is 6.61 Å². The van der Waals surface area contributed by atoms with Gasteiger partial charge in [-0.2, -0.15) is 0 Å². The highest BCUT2D eigenvalue weighted by atomic mass is 32.2. The monoisotopic (exact) mass is 348 g/mol. The summed E-state index contributed by atoms with van der Waals surface area (Å²) in [5, 5.41) is 13.2. The Morgan fingerprint density at radius 1 is 1.33 bits per heavy atom. The molecule has 2 amide bonds. The highest BCUT2D eigenvalue weighted by Gasteiger charge is 2.55. The molecule has 2 N–H and O–H groups in total. The van der Waals surface area contributed by atoms with Crippen LogP contribution in [0.4, 0.5) is 0 Å². The average molecular weight is 348 g/mol. The number of carbonyl (C=O) groups excluding carboxylic acids is 2. The number of ether oxygens (including phenoxy) is 1. The van der Waals surface area contributed by atoms with Gasteiger partial charge >= 0.3 is 5.97 Å². The molecular formula is C16H16N2O5S. The molecule has 0 aromatic heterocycles. The van der Waals surface area contributed by atoms with Gasteiger partial charge in [0.1, 0.15) is 17.2 Å². The molecule has 1 fully saturated rings. The van der Waals surface area contributed by atoms with Gasteiger partial charge in [0, 0.05) is 0 Å². The summed E-state index contributed by atoms with van der Waals surface area (Å²) in [5.74, 6) is -1.32. The van der Waals surface area contributed by atoms with Crippen LogP contribution in [0.5, 0.6) is 5.75 Å². The highest BCUT2D eigenvalue weighted by molar-refractivity contribution is 8.02. The predicted molar refractivity (Wildman–Crippen MR) is 87.3 cm³/mol. The van der Waals surface area contributed by atoms with E-state index in [0.29, 0.717) is 11.3 Å². The van der Waals surface area contributed by atoms with Gasteiger partial charge < -0.3 is 20.1 Å². The molecule has 2 aliphatic rings. The molecule has 2 heterocycles. The summed E-state index contributed by atoms with van der Waals surface area (Å²) in [6.45, 7) is 1.47. The molecule has 0 bridgehead atoms. The Morgan fingerprint density at radius 2 is 2.04 bits per heavy atom. The highest BCUT2D eigenvalue weighted by Crippen LogP contribution is 2.39. The summed E-state index contributed by atoms with van der Waals surface area (Å²) >= 11 is 1.33. The molecule has 2 aliphatic heterocycles. The first kappa shape index (κ1) is 16.4. The molecule has 0 spiro atoms. The first-order valence-electron chi connectivity index (χ1n) is 7.33. The molecule has 3 rings (SSSR count). The summed E-state index contributed by atoms with van der Waals surface area (Å²) in [4.78, 5) is 36.8. The number of thioether (sulfide) groups is 1. The quantitative estimate of drug-likeness (QED) is 0.765. The number of hydrogen-bond acceptors (Lipinski definition) is 5. The molecule has 24 heavy (non-hydrogen) atoms. The number of carboxylic acid groups (broad SMARTS) is 1. The second-order valence-electron chi connectivity index (χ2n) is 5.52. The summed E-state index contributed by atoms with van der Waals surface area (Å²) in [6.07, 6.45) is 0.